The summed E-state index contributed by atoms with van der Waals surface area (Å²) >= 11 is 0. The summed E-state index contributed by atoms with van der Waals surface area (Å²) in [5.41, 5.74) is 2.78. The summed E-state index contributed by atoms with van der Waals surface area (Å²) in [6.07, 6.45) is 0.115. The molecule has 0 saturated heterocycles. The quantitative estimate of drug-likeness (QED) is 0.243. The third kappa shape index (κ3) is 7.16. The summed E-state index contributed by atoms with van der Waals surface area (Å²) in [4.78, 5) is 29.8. The zero-order valence-electron chi connectivity index (χ0n) is 23.6. The predicted octanol–water partition coefficient (Wildman–Crippen LogP) is 5.67. The molecule has 1 atom stereocenters. The first-order chi connectivity index (χ1) is 20.0. The highest BCUT2D eigenvalue weighted by atomic mass is 16.5. The molecular weight excluding hydrogens is 520 g/mol. The molecule has 0 spiro atoms. The van der Waals surface area contributed by atoms with E-state index in [4.69, 9.17) is 18.9 Å². The second-order valence-corrected chi connectivity index (χ2v) is 9.25. The summed E-state index contributed by atoms with van der Waals surface area (Å²) in [5.74, 6) is 1.18. The number of ether oxygens (including phenoxy) is 4. The molecule has 8 nitrogen and oxygen atoms in total. The van der Waals surface area contributed by atoms with Gasteiger partial charge in [0.05, 0.1) is 34.9 Å². The van der Waals surface area contributed by atoms with E-state index in [-0.39, 0.29) is 18.9 Å². The summed E-state index contributed by atoms with van der Waals surface area (Å²) < 4.78 is 21.9. The minimum absolute atomic E-state index is 0.115. The number of anilines is 1. The van der Waals surface area contributed by atoms with Crippen LogP contribution in [-0.2, 0) is 22.6 Å². The third-order valence-electron chi connectivity index (χ3n) is 6.63. The van der Waals surface area contributed by atoms with Gasteiger partial charge in [-0.3, -0.25) is 9.59 Å². The molecule has 0 heterocycles. The highest BCUT2D eigenvalue weighted by molar-refractivity contribution is 5.98. The number of benzene rings is 4. The van der Waals surface area contributed by atoms with E-state index in [2.05, 4.69) is 5.32 Å². The lowest BCUT2D eigenvalue weighted by molar-refractivity contribution is -0.139. The molecule has 4 rings (SSSR count). The number of rotatable bonds is 12. The Morgan fingerprint density at radius 1 is 0.707 bits per heavy atom. The maximum atomic E-state index is 14.2. The van der Waals surface area contributed by atoms with Crippen molar-refractivity contribution in [3.05, 3.63) is 114 Å². The number of amides is 2. The van der Waals surface area contributed by atoms with Crippen LogP contribution in [0.2, 0.25) is 0 Å². The molecule has 0 aliphatic rings. The maximum absolute atomic E-state index is 14.2. The van der Waals surface area contributed by atoms with Crippen LogP contribution in [0.25, 0.3) is 0 Å². The van der Waals surface area contributed by atoms with Crippen LogP contribution >= 0.6 is 0 Å². The van der Waals surface area contributed by atoms with E-state index in [9.17, 15) is 9.59 Å². The van der Waals surface area contributed by atoms with E-state index in [0.717, 1.165) is 11.1 Å². The van der Waals surface area contributed by atoms with Gasteiger partial charge < -0.3 is 29.2 Å². The largest absolute Gasteiger partial charge is 0.497 e. The Labute approximate surface area is 240 Å². The molecule has 212 valence electrons. The van der Waals surface area contributed by atoms with Crippen molar-refractivity contribution >= 4 is 17.5 Å². The Balaban J connectivity index is 1.83. The average molecular weight is 555 g/mol. The minimum atomic E-state index is -1.04. The van der Waals surface area contributed by atoms with Crippen molar-refractivity contribution in [2.75, 3.05) is 33.8 Å². The van der Waals surface area contributed by atoms with Crippen molar-refractivity contribution in [3.63, 3.8) is 0 Å². The number of methoxy groups -OCH3 is 4. The smallest absolute Gasteiger partial charge is 0.251 e. The lowest BCUT2D eigenvalue weighted by Crippen LogP contribution is -2.41. The van der Waals surface area contributed by atoms with Crippen molar-refractivity contribution in [1.82, 2.24) is 4.90 Å². The average Bonchev–Trinajstić information content (AvgIpc) is 3.01. The van der Waals surface area contributed by atoms with Crippen LogP contribution in [0.15, 0.2) is 97.1 Å². The van der Waals surface area contributed by atoms with E-state index in [1.54, 1.807) is 48.4 Å². The summed E-state index contributed by atoms with van der Waals surface area (Å²) in [6.45, 7) is 0.198. The topological polar surface area (TPSA) is 86.3 Å². The zero-order valence-corrected chi connectivity index (χ0v) is 23.6. The third-order valence-corrected chi connectivity index (χ3v) is 6.63. The Morgan fingerprint density at radius 2 is 1.27 bits per heavy atom. The molecule has 0 saturated carbocycles. The minimum Gasteiger partial charge on any atom is -0.497 e. The van der Waals surface area contributed by atoms with Crippen LogP contribution < -0.4 is 24.3 Å². The van der Waals surface area contributed by atoms with E-state index < -0.39 is 11.9 Å². The number of nitrogens with zero attached hydrogens (tertiary/aromatic N) is 1. The van der Waals surface area contributed by atoms with Gasteiger partial charge in [0.2, 0.25) is 11.7 Å². The molecule has 0 aliphatic carbocycles. The van der Waals surface area contributed by atoms with Crippen molar-refractivity contribution in [2.45, 2.75) is 19.0 Å². The molecule has 2 amide bonds. The van der Waals surface area contributed by atoms with Gasteiger partial charge in [0.15, 0.2) is 11.5 Å². The molecule has 8 heteroatoms. The number of nitrogens with one attached hydrogen (secondary N) is 1. The molecule has 0 aromatic heterocycles. The Morgan fingerprint density at radius 3 is 1.78 bits per heavy atom. The predicted molar refractivity (Wildman–Crippen MR) is 158 cm³/mol. The number of hydrogen-bond donors (Lipinski definition) is 1. The summed E-state index contributed by atoms with van der Waals surface area (Å²) in [7, 11) is 6.11. The molecule has 1 unspecified atom stereocenters. The van der Waals surface area contributed by atoms with Crippen LogP contribution in [0.3, 0.4) is 0 Å². The first-order valence-electron chi connectivity index (χ1n) is 13.1. The van der Waals surface area contributed by atoms with E-state index in [0.29, 0.717) is 34.2 Å². The molecule has 0 aliphatic heterocycles. The van der Waals surface area contributed by atoms with Crippen molar-refractivity contribution in [1.29, 1.82) is 0 Å². The lowest BCUT2D eigenvalue weighted by atomic mass is 10.00. The standard InChI is InChI=1S/C33H34N2O6/c1-38-27-17-15-26(16-18-27)34-33(37)31(25-20-28(39-2)32(41-4)29(21-25)40-3)35(22-24-13-9-6-10-14-24)30(36)19-23-11-7-5-8-12-23/h5-18,20-21,31H,19,22H2,1-4H3,(H,34,37). The zero-order chi connectivity index (χ0) is 29.2. The molecule has 41 heavy (non-hydrogen) atoms. The van der Waals surface area contributed by atoms with E-state index in [1.807, 2.05) is 60.7 Å². The van der Waals surface area contributed by atoms with Gasteiger partial charge in [-0.2, -0.15) is 0 Å². The molecule has 0 radical (unpaired) electrons. The molecular formula is C33H34N2O6. The summed E-state index contributed by atoms with van der Waals surface area (Å²) in [6, 6.07) is 28.4. The SMILES string of the molecule is COc1ccc(NC(=O)C(c2cc(OC)c(OC)c(OC)c2)N(Cc2ccccc2)C(=O)Cc2ccccc2)cc1. The highest BCUT2D eigenvalue weighted by Crippen LogP contribution is 2.41. The number of carbonyl (C=O) groups is 2. The van der Waals surface area contributed by atoms with Gasteiger partial charge >= 0.3 is 0 Å². The summed E-state index contributed by atoms with van der Waals surface area (Å²) in [5, 5.41) is 2.98. The Hall–Kier alpha value is -4.98. The molecule has 0 fully saturated rings. The van der Waals surface area contributed by atoms with Gasteiger partial charge in [0.1, 0.15) is 11.8 Å². The Kier molecular flexibility index (Phi) is 9.83. The van der Waals surface area contributed by atoms with Gasteiger partial charge in [0.25, 0.3) is 5.91 Å². The second-order valence-electron chi connectivity index (χ2n) is 9.25. The van der Waals surface area contributed by atoms with Gasteiger partial charge in [0, 0.05) is 12.2 Å². The lowest BCUT2D eigenvalue weighted by Gasteiger charge is -2.32. The first-order valence-corrected chi connectivity index (χ1v) is 13.1. The van der Waals surface area contributed by atoms with Crippen LogP contribution in [0, 0.1) is 0 Å². The van der Waals surface area contributed by atoms with E-state index >= 15 is 0 Å². The van der Waals surface area contributed by atoms with Gasteiger partial charge in [-0.25, -0.2) is 0 Å². The van der Waals surface area contributed by atoms with Crippen molar-refractivity contribution < 1.29 is 28.5 Å². The number of carbonyl (C=O) groups excluding carboxylic acids is 2. The molecule has 1 N–H and O–H groups in total. The van der Waals surface area contributed by atoms with Crippen molar-refractivity contribution in [3.8, 4) is 23.0 Å². The maximum Gasteiger partial charge on any atom is 0.251 e. The van der Waals surface area contributed by atoms with Crippen molar-refractivity contribution in [2.24, 2.45) is 0 Å². The van der Waals surface area contributed by atoms with Crippen LogP contribution in [0.5, 0.6) is 23.0 Å². The molecule has 4 aromatic carbocycles. The monoisotopic (exact) mass is 554 g/mol. The van der Waals surface area contributed by atoms with E-state index in [1.165, 1.54) is 21.3 Å². The fourth-order valence-corrected chi connectivity index (χ4v) is 4.59. The van der Waals surface area contributed by atoms with Gasteiger partial charge in [-0.15, -0.1) is 0 Å². The fourth-order valence-electron chi connectivity index (χ4n) is 4.59. The van der Waals surface area contributed by atoms with Gasteiger partial charge in [-0.1, -0.05) is 60.7 Å². The fraction of sp³-hybridized carbons (Fsp3) is 0.212. The van der Waals surface area contributed by atoms with Gasteiger partial charge in [-0.05, 0) is 53.1 Å². The van der Waals surface area contributed by atoms with Crippen LogP contribution in [0.1, 0.15) is 22.7 Å². The molecule has 0 bridgehead atoms. The first kappa shape index (κ1) is 29.0. The Bertz CT molecular complexity index is 1420. The number of hydrogen-bond acceptors (Lipinski definition) is 6. The second kappa shape index (κ2) is 13.9. The normalized spacial score (nSPS) is 11.2. The van der Waals surface area contributed by atoms with Crippen LogP contribution in [0.4, 0.5) is 5.69 Å². The molecule has 4 aromatic rings. The highest BCUT2D eigenvalue weighted by Gasteiger charge is 2.33. The van der Waals surface area contributed by atoms with Crippen LogP contribution in [-0.4, -0.2) is 45.2 Å².